The van der Waals surface area contributed by atoms with E-state index in [4.69, 9.17) is 0 Å². The van der Waals surface area contributed by atoms with Gasteiger partial charge in [-0.25, -0.2) is 13.4 Å². The molecule has 1 aromatic heterocycles. The minimum Gasteiger partial charge on any atom is -0.352 e. The zero-order valence-electron chi connectivity index (χ0n) is 12.7. The predicted molar refractivity (Wildman–Crippen MR) is 84.3 cm³/mol. The molecule has 1 aliphatic heterocycles. The van der Waals surface area contributed by atoms with Crippen molar-refractivity contribution in [2.24, 2.45) is 0 Å². The second-order valence-corrected chi connectivity index (χ2v) is 8.45. The van der Waals surface area contributed by atoms with Crippen LogP contribution in [0, 0.1) is 6.92 Å². The molecule has 5 nitrogen and oxygen atoms in total. The lowest BCUT2D eigenvalue weighted by molar-refractivity contribution is 0.566. The van der Waals surface area contributed by atoms with Crippen LogP contribution in [-0.4, -0.2) is 43.5 Å². The van der Waals surface area contributed by atoms with Crippen LogP contribution in [0.5, 0.6) is 0 Å². The summed E-state index contributed by atoms with van der Waals surface area (Å²) in [6.07, 6.45) is 2.56. The van der Waals surface area contributed by atoms with Crippen LogP contribution in [-0.2, 0) is 16.4 Å². The van der Waals surface area contributed by atoms with Crippen molar-refractivity contribution < 1.29 is 8.42 Å². The molecule has 1 atom stereocenters. The Bertz CT molecular complexity index is 626. The molecule has 0 spiro atoms. The van der Waals surface area contributed by atoms with Gasteiger partial charge in [0.25, 0.3) is 0 Å². The summed E-state index contributed by atoms with van der Waals surface area (Å²) in [6, 6.07) is 4.82. The first-order valence-corrected chi connectivity index (χ1v) is 9.44. The number of aryl methyl sites for hydroxylation is 1. The van der Waals surface area contributed by atoms with E-state index in [2.05, 4.69) is 21.3 Å². The van der Waals surface area contributed by atoms with Crippen molar-refractivity contribution in [2.45, 2.75) is 45.3 Å². The van der Waals surface area contributed by atoms with Crippen LogP contribution in [0.1, 0.15) is 31.0 Å². The Hall–Kier alpha value is -1.14. The van der Waals surface area contributed by atoms with Crippen molar-refractivity contribution in [1.82, 2.24) is 10.3 Å². The number of nitrogens with one attached hydrogen (secondary N) is 1. The quantitative estimate of drug-likeness (QED) is 0.907. The highest BCUT2D eigenvalue weighted by molar-refractivity contribution is 7.91. The highest BCUT2D eigenvalue weighted by atomic mass is 32.2. The molecule has 1 saturated heterocycles. The van der Waals surface area contributed by atoms with E-state index in [1.54, 1.807) is 0 Å². The maximum atomic E-state index is 11.7. The lowest BCUT2D eigenvalue weighted by Gasteiger charge is -2.34. The van der Waals surface area contributed by atoms with Crippen LogP contribution in [0.3, 0.4) is 0 Å². The Morgan fingerprint density at radius 1 is 1.38 bits per heavy atom. The van der Waals surface area contributed by atoms with E-state index in [0.29, 0.717) is 12.6 Å². The fourth-order valence-electron chi connectivity index (χ4n) is 2.80. The molecule has 2 aliphatic rings. The van der Waals surface area contributed by atoms with Crippen LogP contribution < -0.4 is 10.2 Å². The van der Waals surface area contributed by atoms with E-state index in [1.807, 2.05) is 19.9 Å². The summed E-state index contributed by atoms with van der Waals surface area (Å²) in [5.41, 5.74) is 2.25. The molecule has 0 aromatic carbocycles. The summed E-state index contributed by atoms with van der Waals surface area (Å²) >= 11 is 0. The molecule has 1 N–H and O–H groups in total. The Morgan fingerprint density at radius 2 is 2.14 bits per heavy atom. The summed E-state index contributed by atoms with van der Waals surface area (Å²) in [4.78, 5) is 6.79. The summed E-state index contributed by atoms with van der Waals surface area (Å²) in [6.45, 7) is 5.39. The summed E-state index contributed by atoms with van der Waals surface area (Å²) in [5, 5.41) is 3.50. The molecular formula is C15H23N3O2S. The zero-order chi connectivity index (χ0) is 15.0. The van der Waals surface area contributed by atoms with Crippen LogP contribution in [0.15, 0.2) is 12.1 Å². The molecule has 21 heavy (non-hydrogen) atoms. The molecule has 0 amide bonds. The number of pyridine rings is 1. The monoisotopic (exact) mass is 309 g/mol. The van der Waals surface area contributed by atoms with Crippen molar-refractivity contribution in [2.75, 3.05) is 23.0 Å². The fourth-order valence-corrected chi connectivity index (χ4v) is 4.36. The first-order chi connectivity index (χ1) is 9.94. The van der Waals surface area contributed by atoms with E-state index < -0.39 is 9.84 Å². The third-order valence-electron chi connectivity index (χ3n) is 4.30. The Labute approximate surface area is 126 Å². The van der Waals surface area contributed by atoms with Gasteiger partial charge in [-0.05, 0) is 38.3 Å². The van der Waals surface area contributed by atoms with E-state index >= 15 is 0 Å². The number of aromatic nitrogens is 1. The molecule has 2 fully saturated rings. The van der Waals surface area contributed by atoms with E-state index in [-0.39, 0.29) is 17.5 Å². The minimum atomic E-state index is -2.88. The number of sulfone groups is 1. The molecule has 6 heteroatoms. The van der Waals surface area contributed by atoms with Gasteiger partial charge in [0.1, 0.15) is 5.82 Å². The van der Waals surface area contributed by atoms with Gasteiger partial charge in [-0.3, -0.25) is 0 Å². The van der Waals surface area contributed by atoms with Crippen molar-refractivity contribution in [3.05, 3.63) is 23.4 Å². The second kappa shape index (κ2) is 5.57. The minimum absolute atomic E-state index is 0.00825. The van der Waals surface area contributed by atoms with Gasteiger partial charge in [-0.15, -0.1) is 0 Å². The molecular weight excluding hydrogens is 286 g/mol. The van der Waals surface area contributed by atoms with E-state index in [0.717, 1.165) is 18.1 Å². The zero-order valence-corrected chi connectivity index (χ0v) is 13.5. The summed E-state index contributed by atoms with van der Waals surface area (Å²) in [5.74, 6) is 1.34. The van der Waals surface area contributed by atoms with Crippen LogP contribution >= 0.6 is 0 Å². The van der Waals surface area contributed by atoms with Gasteiger partial charge in [0.05, 0.1) is 11.5 Å². The molecule has 3 rings (SSSR count). The fraction of sp³-hybridized carbons (Fsp3) is 0.667. The van der Waals surface area contributed by atoms with Crippen LogP contribution in [0.4, 0.5) is 5.82 Å². The molecule has 1 aliphatic carbocycles. The lowest BCUT2D eigenvalue weighted by atomic mass is 10.2. The smallest absolute Gasteiger partial charge is 0.154 e. The summed E-state index contributed by atoms with van der Waals surface area (Å²) < 4.78 is 23.3. The topological polar surface area (TPSA) is 62.3 Å². The Morgan fingerprint density at radius 3 is 2.76 bits per heavy atom. The van der Waals surface area contributed by atoms with Crippen molar-refractivity contribution in [3.63, 3.8) is 0 Å². The normalized spacial score (nSPS) is 25.0. The van der Waals surface area contributed by atoms with Gasteiger partial charge >= 0.3 is 0 Å². The third kappa shape index (κ3) is 3.55. The summed E-state index contributed by atoms with van der Waals surface area (Å²) in [7, 11) is -2.88. The Kier molecular flexibility index (Phi) is 3.92. The second-order valence-electron chi connectivity index (χ2n) is 6.23. The van der Waals surface area contributed by atoms with Crippen LogP contribution in [0.25, 0.3) is 0 Å². The van der Waals surface area contributed by atoms with Gasteiger partial charge in [0, 0.05) is 30.9 Å². The molecule has 116 valence electrons. The SMILES string of the molecule is Cc1nc(N2CCS(=O)(=O)CC2C)ccc1CNC1CC1. The predicted octanol–water partition coefficient (Wildman–Crippen LogP) is 1.27. The highest BCUT2D eigenvalue weighted by Crippen LogP contribution is 2.23. The maximum absolute atomic E-state index is 11.7. The number of rotatable bonds is 4. The van der Waals surface area contributed by atoms with Crippen molar-refractivity contribution in [3.8, 4) is 0 Å². The average Bonchev–Trinajstić information content (AvgIpc) is 3.20. The molecule has 2 heterocycles. The van der Waals surface area contributed by atoms with Gasteiger partial charge in [-0.2, -0.15) is 0 Å². The number of anilines is 1. The van der Waals surface area contributed by atoms with E-state index in [9.17, 15) is 8.42 Å². The van der Waals surface area contributed by atoms with Crippen molar-refractivity contribution in [1.29, 1.82) is 0 Å². The lowest BCUT2D eigenvalue weighted by Crippen LogP contribution is -2.47. The molecule has 1 unspecified atom stereocenters. The number of nitrogens with zero attached hydrogens (tertiary/aromatic N) is 2. The molecule has 1 saturated carbocycles. The number of hydrogen-bond donors (Lipinski definition) is 1. The first-order valence-electron chi connectivity index (χ1n) is 7.61. The molecule has 0 bridgehead atoms. The highest BCUT2D eigenvalue weighted by Gasteiger charge is 2.29. The maximum Gasteiger partial charge on any atom is 0.154 e. The van der Waals surface area contributed by atoms with Crippen molar-refractivity contribution >= 4 is 15.7 Å². The molecule has 1 aromatic rings. The average molecular weight is 309 g/mol. The van der Waals surface area contributed by atoms with E-state index in [1.165, 1.54) is 18.4 Å². The Balaban J connectivity index is 1.72. The van der Waals surface area contributed by atoms with Gasteiger partial charge in [0.15, 0.2) is 9.84 Å². The van der Waals surface area contributed by atoms with Gasteiger partial charge in [-0.1, -0.05) is 6.07 Å². The first kappa shape index (κ1) is 14.8. The van der Waals surface area contributed by atoms with Gasteiger partial charge in [0.2, 0.25) is 0 Å². The third-order valence-corrected chi connectivity index (χ3v) is 6.10. The number of hydrogen-bond acceptors (Lipinski definition) is 5. The van der Waals surface area contributed by atoms with Gasteiger partial charge < -0.3 is 10.2 Å². The van der Waals surface area contributed by atoms with Crippen LogP contribution in [0.2, 0.25) is 0 Å². The standard InChI is InChI=1S/C15H23N3O2S/c1-11-10-21(19,20)8-7-18(11)15-6-3-13(12(2)17-15)9-16-14-4-5-14/h3,6,11,14,16H,4-5,7-10H2,1-2H3. The largest absolute Gasteiger partial charge is 0.352 e. The molecule has 0 radical (unpaired) electrons.